The lowest BCUT2D eigenvalue weighted by atomic mass is 10.2. The lowest BCUT2D eigenvalue weighted by molar-refractivity contribution is -0.384. The van der Waals surface area contributed by atoms with Gasteiger partial charge in [-0.15, -0.1) is 0 Å². The molecule has 108 valence electrons. The van der Waals surface area contributed by atoms with Crippen molar-refractivity contribution < 1.29 is 4.92 Å². The summed E-state index contributed by atoms with van der Waals surface area (Å²) < 4.78 is 0. The minimum Gasteiger partial charge on any atom is -0.291 e. The molecule has 0 saturated heterocycles. The standard InChI is InChI=1S/C13H13N5O3/c1-2-10-7-12(19)16-13(15-10)17-14-8-9-4-3-5-11(6-9)18(20)21/h3-8H,2H2,1H3,(H2,15,16,17,19)/b14-8-. The Hall–Kier alpha value is -3.03. The first-order valence-electron chi connectivity index (χ1n) is 6.22. The fraction of sp³-hybridized carbons (Fsp3) is 0.154. The number of hydrazone groups is 1. The number of hydrogen-bond donors (Lipinski definition) is 2. The Bertz CT molecular complexity index is 739. The minimum absolute atomic E-state index is 0.0153. The predicted molar refractivity (Wildman–Crippen MR) is 78.5 cm³/mol. The molecule has 0 aliphatic rings. The lowest BCUT2D eigenvalue weighted by Crippen LogP contribution is -2.11. The molecule has 2 aromatic rings. The molecule has 2 N–H and O–H groups in total. The molecule has 0 aliphatic carbocycles. The molecule has 0 atom stereocenters. The van der Waals surface area contributed by atoms with E-state index in [1.807, 2.05) is 6.92 Å². The van der Waals surface area contributed by atoms with E-state index in [1.165, 1.54) is 24.4 Å². The van der Waals surface area contributed by atoms with Gasteiger partial charge in [0.05, 0.1) is 11.1 Å². The van der Waals surface area contributed by atoms with E-state index in [9.17, 15) is 14.9 Å². The highest BCUT2D eigenvalue weighted by atomic mass is 16.6. The van der Waals surface area contributed by atoms with Gasteiger partial charge in [-0.2, -0.15) is 5.10 Å². The van der Waals surface area contributed by atoms with E-state index >= 15 is 0 Å². The van der Waals surface area contributed by atoms with Crippen molar-refractivity contribution in [1.29, 1.82) is 0 Å². The molecule has 0 fully saturated rings. The molecule has 8 heteroatoms. The van der Waals surface area contributed by atoms with Crippen molar-refractivity contribution in [3.63, 3.8) is 0 Å². The summed E-state index contributed by atoms with van der Waals surface area (Å²) in [7, 11) is 0. The monoisotopic (exact) mass is 287 g/mol. The number of aromatic nitrogens is 2. The average Bonchev–Trinajstić information content (AvgIpc) is 2.47. The van der Waals surface area contributed by atoms with E-state index in [2.05, 4.69) is 20.5 Å². The largest absolute Gasteiger partial charge is 0.291 e. The first kappa shape index (κ1) is 14.4. The molecule has 0 saturated carbocycles. The van der Waals surface area contributed by atoms with Crippen molar-refractivity contribution in [2.45, 2.75) is 13.3 Å². The SMILES string of the molecule is CCc1cc(=O)[nH]c(N/N=C\c2cccc([N+](=O)[O-])c2)n1. The van der Waals surface area contributed by atoms with Gasteiger partial charge in [-0.3, -0.25) is 19.9 Å². The average molecular weight is 287 g/mol. The van der Waals surface area contributed by atoms with E-state index in [0.717, 1.165) is 0 Å². The zero-order valence-corrected chi connectivity index (χ0v) is 11.2. The Labute approximate surface area is 119 Å². The second kappa shape index (κ2) is 6.42. The number of rotatable bonds is 5. The topological polar surface area (TPSA) is 113 Å². The quantitative estimate of drug-likeness (QED) is 0.493. The van der Waals surface area contributed by atoms with Gasteiger partial charge in [0.2, 0.25) is 5.95 Å². The first-order chi connectivity index (χ1) is 10.1. The van der Waals surface area contributed by atoms with Crippen LogP contribution in [0, 0.1) is 10.1 Å². The number of benzene rings is 1. The number of aromatic amines is 1. The van der Waals surface area contributed by atoms with E-state index < -0.39 is 4.92 Å². The van der Waals surface area contributed by atoms with Gasteiger partial charge in [0, 0.05) is 29.5 Å². The highest BCUT2D eigenvalue weighted by molar-refractivity contribution is 5.81. The highest BCUT2D eigenvalue weighted by Crippen LogP contribution is 2.11. The molecule has 0 radical (unpaired) electrons. The van der Waals surface area contributed by atoms with Gasteiger partial charge in [0.1, 0.15) is 0 Å². The van der Waals surface area contributed by atoms with Crippen molar-refractivity contribution in [3.05, 3.63) is 62.1 Å². The van der Waals surface area contributed by atoms with Crippen LogP contribution in [0.3, 0.4) is 0 Å². The van der Waals surface area contributed by atoms with Gasteiger partial charge >= 0.3 is 0 Å². The molecule has 2 rings (SSSR count). The number of anilines is 1. The van der Waals surface area contributed by atoms with Gasteiger partial charge < -0.3 is 0 Å². The smallest absolute Gasteiger partial charge is 0.270 e. The third kappa shape index (κ3) is 3.96. The van der Waals surface area contributed by atoms with Crippen molar-refractivity contribution in [2.75, 3.05) is 5.43 Å². The van der Waals surface area contributed by atoms with E-state index in [4.69, 9.17) is 0 Å². The molecule has 8 nitrogen and oxygen atoms in total. The fourth-order valence-electron chi connectivity index (χ4n) is 1.63. The van der Waals surface area contributed by atoms with Gasteiger partial charge in [-0.1, -0.05) is 19.1 Å². The normalized spacial score (nSPS) is 10.7. The summed E-state index contributed by atoms with van der Waals surface area (Å²) >= 11 is 0. The van der Waals surface area contributed by atoms with Crippen LogP contribution in [-0.2, 0) is 6.42 Å². The molecular formula is C13H13N5O3. The number of aryl methyl sites for hydroxylation is 1. The summed E-state index contributed by atoms with van der Waals surface area (Å²) in [5.74, 6) is 0.223. The van der Waals surface area contributed by atoms with E-state index in [1.54, 1.807) is 12.1 Å². The Morgan fingerprint density at radius 3 is 3.00 bits per heavy atom. The van der Waals surface area contributed by atoms with Crippen LogP contribution < -0.4 is 11.0 Å². The Kier molecular flexibility index (Phi) is 4.39. The van der Waals surface area contributed by atoms with Gasteiger partial charge in [0.15, 0.2) is 0 Å². The second-order valence-electron chi connectivity index (χ2n) is 4.16. The number of nitro benzene ring substituents is 1. The molecule has 0 bridgehead atoms. The van der Waals surface area contributed by atoms with Crippen molar-refractivity contribution in [1.82, 2.24) is 9.97 Å². The molecule has 0 unspecified atom stereocenters. The number of hydrogen-bond acceptors (Lipinski definition) is 6. The lowest BCUT2D eigenvalue weighted by Gasteiger charge is -2.01. The maximum Gasteiger partial charge on any atom is 0.270 e. The zero-order valence-electron chi connectivity index (χ0n) is 11.2. The van der Waals surface area contributed by atoms with E-state index in [0.29, 0.717) is 17.7 Å². The minimum atomic E-state index is -0.478. The Morgan fingerprint density at radius 2 is 2.29 bits per heavy atom. The van der Waals surface area contributed by atoms with Crippen molar-refractivity contribution >= 4 is 17.9 Å². The number of nitrogens with zero attached hydrogens (tertiary/aromatic N) is 3. The van der Waals surface area contributed by atoms with Crippen LogP contribution in [0.15, 0.2) is 40.2 Å². The molecule has 0 aliphatic heterocycles. The number of non-ortho nitro benzene ring substituents is 1. The third-order valence-corrected chi connectivity index (χ3v) is 2.62. The Morgan fingerprint density at radius 1 is 1.48 bits per heavy atom. The molecular weight excluding hydrogens is 274 g/mol. The van der Waals surface area contributed by atoms with Crippen LogP contribution in [0.2, 0.25) is 0 Å². The second-order valence-corrected chi connectivity index (χ2v) is 4.16. The van der Waals surface area contributed by atoms with Crippen LogP contribution in [-0.4, -0.2) is 21.1 Å². The summed E-state index contributed by atoms with van der Waals surface area (Å²) in [5, 5.41) is 14.6. The van der Waals surface area contributed by atoms with Crippen LogP contribution in [0.4, 0.5) is 11.6 Å². The van der Waals surface area contributed by atoms with Crippen molar-refractivity contribution in [3.8, 4) is 0 Å². The molecule has 0 amide bonds. The van der Waals surface area contributed by atoms with E-state index in [-0.39, 0.29) is 17.2 Å². The van der Waals surface area contributed by atoms with Gasteiger partial charge in [-0.25, -0.2) is 10.4 Å². The number of H-pyrrole nitrogens is 1. The van der Waals surface area contributed by atoms with Crippen LogP contribution in [0.25, 0.3) is 0 Å². The maximum atomic E-state index is 11.4. The van der Waals surface area contributed by atoms with Gasteiger partial charge in [-0.05, 0) is 6.42 Å². The number of nitrogens with one attached hydrogen (secondary N) is 2. The number of nitro groups is 1. The van der Waals surface area contributed by atoms with Crippen LogP contribution in [0.1, 0.15) is 18.2 Å². The molecule has 1 heterocycles. The molecule has 0 spiro atoms. The zero-order chi connectivity index (χ0) is 15.2. The summed E-state index contributed by atoms with van der Waals surface area (Å²) in [6.07, 6.45) is 2.04. The van der Waals surface area contributed by atoms with Gasteiger partial charge in [0.25, 0.3) is 11.2 Å². The molecule has 1 aromatic heterocycles. The highest BCUT2D eigenvalue weighted by Gasteiger charge is 2.04. The van der Waals surface area contributed by atoms with Crippen LogP contribution >= 0.6 is 0 Å². The molecule has 21 heavy (non-hydrogen) atoms. The third-order valence-electron chi connectivity index (χ3n) is 2.62. The fourth-order valence-corrected chi connectivity index (χ4v) is 1.63. The maximum absolute atomic E-state index is 11.4. The molecule has 1 aromatic carbocycles. The summed E-state index contributed by atoms with van der Waals surface area (Å²) in [6, 6.07) is 7.45. The summed E-state index contributed by atoms with van der Waals surface area (Å²) in [6.45, 7) is 1.89. The Balaban J connectivity index is 2.12. The predicted octanol–water partition coefficient (Wildman–Crippen LogP) is 1.69. The first-order valence-corrected chi connectivity index (χ1v) is 6.22. The van der Waals surface area contributed by atoms with Crippen LogP contribution in [0.5, 0.6) is 0 Å². The summed E-state index contributed by atoms with van der Waals surface area (Å²) in [5.41, 5.74) is 3.51. The van der Waals surface area contributed by atoms with Crippen molar-refractivity contribution in [2.24, 2.45) is 5.10 Å². The summed E-state index contributed by atoms with van der Waals surface area (Å²) in [4.78, 5) is 28.2.